The number of anilines is 2. The fourth-order valence-corrected chi connectivity index (χ4v) is 13.9. The molecule has 12 rings (SSSR count). The normalized spacial score (nSPS) is 15.9. The molecular formula is C49H36Cl2NO3P3S2. The fraction of sp³-hybridized carbons (Fsp3) is 0.0204. The molecule has 4 aliphatic rings. The van der Waals surface area contributed by atoms with Crippen LogP contribution in [0.15, 0.2) is 214 Å². The van der Waals surface area contributed by atoms with Crippen molar-refractivity contribution in [1.29, 1.82) is 1.43 Å². The lowest BCUT2D eigenvalue weighted by Gasteiger charge is -2.37. The summed E-state index contributed by atoms with van der Waals surface area (Å²) in [7, 11) is -2.12. The van der Waals surface area contributed by atoms with Crippen LogP contribution < -0.4 is 25.0 Å². The molecule has 8 aromatic carbocycles. The summed E-state index contributed by atoms with van der Waals surface area (Å²) in [6.45, 7) is 0. The van der Waals surface area contributed by atoms with E-state index in [1.807, 2.05) is 59.9 Å². The molecule has 8 aromatic rings. The quantitative estimate of drug-likeness (QED) is 0.169. The molecule has 0 spiro atoms. The average Bonchev–Trinajstić information content (AvgIpc) is 3.33. The number of benzene rings is 8. The predicted octanol–water partition coefficient (Wildman–Crippen LogP) is 15.6. The van der Waals surface area contributed by atoms with Crippen molar-refractivity contribution in [3.8, 4) is 33.8 Å². The van der Waals surface area contributed by atoms with Gasteiger partial charge in [-0.1, -0.05) is 174 Å². The first-order valence-corrected chi connectivity index (χ1v) is 26.1. The first-order chi connectivity index (χ1) is 30.1. The van der Waals surface area contributed by atoms with Gasteiger partial charge in [-0.25, -0.2) is 0 Å². The maximum Gasteiger partial charge on any atom is 0.217 e. The smallest absolute Gasteiger partial charge is 0.217 e. The van der Waals surface area contributed by atoms with Crippen molar-refractivity contribution < 1.29 is 13.9 Å². The third-order valence-electron chi connectivity index (χ3n) is 10.1. The van der Waals surface area contributed by atoms with Crippen molar-refractivity contribution in [2.45, 2.75) is 25.2 Å². The summed E-state index contributed by atoms with van der Waals surface area (Å²) in [4.78, 5) is 8.86. The van der Waals surface area contributed by atoms with Gasteiger partial charge >= 0.3 is 0 Å². The lowest BCUT2D eigenvalue weighted by Crippen LogP contribution is -2.20. The van der Waals surface area contributed by atoms with Gasteiger partial charge in [0.25, 0.3) is 0 Å². The number of para-hydroxylation sites is 4. The Hall–Kier alpha value is -4.31. The zero-order valence-corrected chi connectivity index (χ0v) is 37.7. The molecule has 3 atom stereocenters. The topological polar surface area (TPSA) is 50.7 Å². The first kappa shape index (κ1) is 39.8. The summed E-state index contributed by atoms with van der Waals surface area (Å²) >= 11 is 14.7. The molecule has 0 bridgehead atoms. The number of halogens is 2. The second-order valence-electron chi connectivity index (χ2n) is 13.7. The largest absolute Gasteiger partial charge is 0.468 e. The summed E-state index contributed by atoms with van der Waals surface area (Å²) < 4.78 is 18.3. The van der Waals surface area contributed by atoms with Gasteiger partial charge in [0.05, 0.1) is 17.0 Å². The van der Waals surface area contributed by atoms with Crippen molar-refractivity contribution >= 4 is 91.8 Å². The molecular weight excluding hydrogens is 879 g/mol. The Morgan fingerprint density at radius 3 is 1.47 bits per heavy atom. The van der Waals surface area contributed by atoms with Crippen LogP contribution in [0.5, 0.6) is 11.5 Å². The van der Waals surface area contributed by atoms with Crippen LogP contribution in [0.2, 0.25) is 0 Å². The molecule has 0 aliphatic carbocycles. The molecule has 4 heterocycles. The van der Waals surface area contributed by atoms with Crippen LogP contribution in [-0.4, -0.2) is 6.33 Å². The Kier molecular flexibility index (Phi) is 12.7. The van der Waals surface area contributed by atoms with Crippen LogP contribution >= 0.6 is 69.8 Å². The van der Waals surface area contributed by atoms with Gasteiger partial charge in [0.15, 0.2) is 0 Å². The SMILES string of the molecule is ClP1Oc2ccccc2-c2ccccc21.[2H]OPCl.c1ccc2c(c1)Nc1ccccc1S2.c1ccc2c(c1)OP(C1c3ccccc3Sc3ccccc31)c1ccccc1-2. The van der Waals surface area contributed by atoms with Gasteiger partial charge in [0.2, 0.25) is 8.93 Å². The minimum atomic E-state index is -1.02. The van der Waals surface area contributed by atoms with E-state index < -0.39 is 15.6 Å². The third kappa shape index (κ3) is 8.59. The van der Waals surface area contributed by atoms with Gasteiger partial charge < -0.3 is 19.3 Å². The van der Waals surface area contributed by atoms with Crippen LogP contribution in [-0.2, 0) is 0 Å². The minimum Gasteiger partial charge on any atom is -0.468 e. The van der Waals surface area contributed by atoms with Crippen LogP contribution in [0.4, 0.5) is 11.4 Å². The van der Waals surface area contributed by atoms with E-state index in [0.29, 0.717) is 0 Å². The first-order valence-electron chi connectivity index (χ1n) is 19.5. The maximum atomic E-state index is 6.77. The third-order valence-corrected chi connectivity index (χ3v) is 16.6. The van der Waals surface area contributed by atoms with Crippen molar-refractivity contribution in [2.75, 3.05) is 5.32 Å². The summed E-state index contributed by atoms with van der Waals surface area (Å²) in [6, 6.07) is 67.7. The van der Waals surface area contributed by atoms with E-state index in [4.69, 9.17) is 33.0 Å². The number of nitrogens with one attached hydrogen (secondary N) is 1. The highest BCUT2D eigenvalue weighted by Gasteiger charge is 2.39. The highest BCUT2D eigenvalue weighted by Crippen LogP contribution is 2.64. The van der Waals surface area contributed by atoms with Crippen molar-refractivity contribution in [2.24, 2.45) is 0 Å². The fourth-order valence-electron chi connectivity index (χ4n) is 7.49. The van der Waals surface area contributed by atoms with Crippen LogP contribution in [0.25, 0.3) is 22.3 Å². The molecule has 0 aromatic heterocycles. The zero-order valence-electron chi connectivity index (χ0n) is 32.7. The molecule has 0 radical (unpaired) electrons. The molecule has 11 heteroatoms. The van der Waals surface area contributed by atoms with Gasteiger partial charge in [-0.15, -0.1) is 0 Å². The molecule has 0 saturated heterocycles. The molecule has 4 aliphatic heterocycles. The minimum absolute atomic E-state index is 0.221. The standard InChI is InChI=1S/C25H17OPS.C12H8ClOP.C12H9NS.ClH2OP/c1-5-13-21-17(9-1)18-10-2-6-14-22(18)27(26-21)25-19-11-3-7-15-23(19)28-24-16-8-4-12-20(24)25;13-15-12-8-4-2-6-10(12)9-5-1-3-7-11(9)14-15;1-3-7-11-9(5-1)13-10-6-2-4-8-12(10)14-11;1-3-2/h1-16,25H;1-8H;1-8,13H;2-3H/i;;;2D. The number of rotatable bonds is 2. The lowest BCUT2D eigenvalue weighted by atomic mass is 10.0. The Labute approximate surface area is 374 Å². The molecule has 0 saturated carbocycles. The number of fused-ring (bicyclic) bond motifs is 10. The molecule has 0 fully saturated rings. The zero-order chi connectivity index (χ0) is 41.5. The van der Waals surface area contributed by atoms with E-state index in [0.717, 1.165) is 22.4 Å². The highest BCUT2D eigenvalue weighted by atomic mass is 35.7. The Balaban J connectivity index is 0.000000122. The summed E-state index contributed by atoms with van der Waals surface area (Å²) in [6.07, 6.45) is 0. The molecule has 0 amide bonds. The second kappa shape index (κ2) is 19.2. The summed E-state index contributed by atoms with van der Waals surface area (Å²) in [5, 5.41) is 5.86. The molecule has 3 unspecified atom stereocenters. The molecule has 60 heavy (non-hydrogen) atoms. The van der Waals surface area contributed by atoms with Crippen LogP contribution in [0.3, 0.4) is 0 Å². The van der Waals surface area contributed by atoms with E-state index in [9.17, 15) is 0 Å². The molecule has 2 N–H and O–H groups in total. The van der Waals surface area contributed by atoms with E-state index in [1.165, 1.54) is 64.1 Å². The van der Waals surface area contributed by atoms with Gasteiger partial charge in [-0.3, -0.25) is 0 Å². The summed E-state index contributed by atoms with van der Waals surface area (Å²) in [5.74, 6) is 1.89. The number of hydrogen-bond acceptors (Lipinski definition) is 6. The van der Waals surface area contributed by atoms with Gasteiger partial charge in [-0.2, -0.15) is 0 Å². The van der Waals surface area contributed by atoms with E-state index in [2.05, 4.69) is 168 Å². The van der Waals surface area contributed by atoms with Crippen LogP contribution in [0, 0.1) is 0 Å². The van der Waals surface area contributed by atoms with Gasteiger partial charge in [-0.05, 0) is 88.1 Å². The highest BCUT2D eigenvalue weighted by molar-refractivity contribution is 8.00. The van der Waals surface area contributed by atoms with Gasteiger partial charge in [0.1, 0.15) is 27.8 Å². The van der Waals surface area contributed by atoms with Crippen molar-refractivity contribution in [1.82, 2.24) is 0 Å². The van der Waals surface area contributed by atoms with Gasteiger partial charge in [0, 0.05) is 41.3 Å². The van der Waals surface area contributed by atoms with E-state index >= 15 is 0 Å². The molecule has 296 valence electrons. The lowest BCUT2D eigenvalue weighted by molar-refractivity contribution is 0.611. The summed E-state index contributed by atoms with van der Waals surface area (Å²) in [5.41, 5.74) is 10.2. The second-order valence-corrected chi connectivity index (χ2v) is 20.3. The Morgan fingerprint density at radius 2 is 0.900 bits per heavy atom. The monoisotopic (exact) mass is 914 g/mol. The maximum absolute atomic E-state index is 6.77. The Bertz CT molecular complexity index is 2690. The molecule has 4 nitrogen and oxygen atoms in total. The average molecular weight is 916 g/mol. The van der Waals surface area contributed by atoms with Crippen molar-refractivity contribution in [3.63, 3.8) is 0 Å². The van der Waals surface area contributed by atoms with Crippen molar-refractivity contribution in [3.05, 3.63) is 205 Å². The van der Waals surface area contributed by atoms with E-state index in [1.54, 1.807) is 0 Å². The van der Waals surface area contributed by atoms with Crippen LogP contribution in [0.1, 0.15) is 16.8 Å². The Morgan fingerprint density at radius 1 is 0.500 bits per heavy atom. The predicted molar refractivity (Wildman–Crippen MR) is 259 cm³/mol. The van der Waals surface area contributed by atoms with E-state index in [-0.39, 0.29) is 13.8 Å². The number of hydrogen-bond donors (Lipinski definition) is 2.